The van der Waals surface area contributed by atoms with Gasteiger partial charge in [0.05, 0.1) is 5.75 Å². The summed E-state index contributed by atoms with van der Waals surface area (Å²) in [5, 5.41) is 4.21. The molecule has 0 fully saturated rings. The van der Waals surface area contributed by atoms with Crippen molar-refractivity contribution in [3.05, 3.63) is 69.2 Å². The second-order valence-electron chi connectivity index (χ2n) is 7.98. The molecular formula is C25H32Cl2N2O2S. The van der Waals surface area contributed by atoms with Gasteiger partial charge in [-0.2, -0.15) is 0 Å². The van der Waals surface area contributed by atoms with Gasteiger partial charge in [0, 0.05) is 28.4 Å². The molecule has 4 nitrogen and oxygen atoms in total. The van der Waals surface area contributed by atoms with E-state index in [1.54, 1.807) is 17.0 Å². The average molecular weight is 496 g/mol. The van der Waals surface area contributed by atoms with Crippen LogP contribution in [0.1, 0.15) is 50.3 Å². The van der Waals surface area contributed by atoms with Gasteiger partial charge in [0.15, 0.2) is 0 Å². The lowest BCUT2D eigenvalue weighted by molar-refractivity contribution is -0.139. The van der Waals surface area contributed by atoms with Crippen molar-refractivity contribution in [1.29, 1.82) is 0 Å². The number of carbonyl (C=O) groups is 2. The first kappa shape index (κ1) is 26.6. The standard InChI is InChI=1S/C25H32Cl2N2O2S/c1-5-18(4)28-25(31)23(6-2)29(14-19-9-7-17(3)8-10-19)24(30)16-32-15-20-11-12-21(26)13-22(20)27/h7-13,18,23H,5-6,14-16H2,1-4H3,(H,28,31)/t18-,23+/m1/s1. The summed E-state index contributed by atoms with van der Waals surface area (Å²) >= 11 is 13.7. The molecule has 32 heavy (non-hydrogen) atoms. The number of hydrogen-bond acceptors (Lipinski definition) is 3. The molecule has 0 aliphatic carbocycles. The Labute approximate surface area is 206 Å². The van der Waals surface area contributed by atoms with Crippen LogP contribution >= 0.6 is 35.0 Å². The van der Waals surface area contributed by atoms with Crippen LogP contribution in [0, 0.1) is 6.92 Å². The maximum Gasteiger partial charge on any atom is 0.243 e. The second-order valence-corrected chi connectivity index (χ2v) is 9.81. The highest BCUT2D eigenvalue weighted by atomic mass is 35.5. The molecular weight excluding hydrogens is 463 g/mol. The Kier molecular flexibility index (Phi) is 10.9. The van der Waals surface area contributed by atoms with Crippen LogP contribution in [0.25, 0.3) is 0 Å². The molecule has 0 aromatic heterocycles. The lowest BCUT2D eigenvalue weighted by Gasteiger charge is -2.31. The fourth-order valence-corrected chi connectivity index (χ4v) is 4.69. The largest absolute Gasteiger partial charge is 0.352 e. The van der Waals surface area contributed by atoms with E-state index in [0.717, 1.165) is 23.1 Å². The van der Waals surface area contributed by atoms with Crippen molar-refractivity contribution in [3.8, 4) is 0 Å². The van der Waals surface area contributed by atoms with E-state index in [2.05, 4.69) is 5.32 Å². The third-order valence-corrected chi connectivity index (χ3v) is 6.91. The van der Waals surface area contributed by atoms with Gasteiger partial charge in [-0.3, -0.25) is 9.59 Å². The molecule has 1 N–H and O–H groups in total. The number of thioether (sulfide) groups is 1. The maximum absolute atomic E-state index is 13.3. The first-order valence-corrected chi connectivity index (χ1v) is 12.8. The predicted octanol–water partition coefficient (Wildman–Crippen LogP) is 6.26. The molecule has 0 radical (unpaired) electrons. The molecule has 174 valence electrons. The highest BCUT2D eigenvalue weighted by Gasteiger charge is 2.29. The van der Waals surface area contributed by atoms with Crippen LogP contribution in [-0.2, 0) is 21.9 Å². The van der Waals surface area contributed by atoms with Crippen molar-refractivity contribution in [2.75, 3.05) is 5.75 Å². The normalized spacial score (nSPS) is 12.8. The summed E-state index contributed by atoms with van der Waals surface area (Å²) in [4.78, 5) is 27.9. The zero-order valence-electron chi connectivity index (χ0n) is 19.2. The quantitative estimate of drug-likeness (QED) is 0.401. The number of nitrogens with zero attached hydrogens (tertiary/aromatic N) is 1. The monoisotopic (exact) mass is 494 g/mol. The van der Waals surface area contributed by atoms with Gasteiger partial charge < -0.3 is 10.2 Å². The SMILES string of the molecule is CC[C@@H](C)NC(=O)[C@H](CC)N(Cc1ccc(C)cc1)C(=O)CSCc1ccc(Cl)cc1Cl. The highest BCUT2D eigenvalue weighted by Crippen LogP contribution is 2.25. The van der Waals surface area contributed by atoms with Crippen LogP contribution < -0.4 is 5.32 Å². The predicted molar refractivity (Wildman–Crippen MR) is 136 cm³/mol. The molecule has 2 aromatic carbocycles. The minimum absolute atomic E-state index is 0.0631. The fourth-order valence-electron chi connectivity index (χ4n) is 3.22. The summed E-state index contributed by atoms with van der Waals surface area (Å²) in [6.45, 7) is 8.37. The van der Waals surface area contributed by atoms with Gasteiger partial charge in [0.2, 0.25) is 11.8 Å². The number of carbonyl (C=O) groups excluding carboxylic acids is 2. The smallest absolute Gasteiger partial charge is 0.243 e. The van der Waals surface area contributed by atoms with Crippen molar-refractivity contribution in [3.63, 3.8) is 0 Å². The molecule has 0 aliphatic heterocycles. The highest BCUT2D eigenvalue weighted by molar-refractivity contribution is 7.99. The van der Waals surface area contributed by atoms with Crippen LogP contribution in [0.3, 0.4) is 0 Å². The summed E-state index contributed by atoms with van der Waals surface area (Å²) in [6.07, 6.45) is 1.39. The second kappa shape index (κ2) is 13.1. The molecule has 2 atom stereocenters. The number of hydrogen-bond donors (Lipinski definition) is 1. The van der Waals surface area contributed by atoms with E-state index in [4.69, 9.17) is 23.2 Å². The van der Waals surface area contributed by atoms with Crippen molar-refractivity contribution in [2.45, 2.75) is 64.9 Å². The van der Waals surface area contributed by atoms with E-state index < -0.39 is 6.04 Å². The molecule has 2 rings (SSSR count). The molecule has 7 heteroatoms. The topological polar surface area (TPSA) is 49.4 Å². The Morgan fingerprint density at radius 2 is 1.75 bits per heavy atom. The maximum atomic E-state index is 13.3. The lowest BCUT2D eigenvalue weighted by atomic mass is 10.1. The van der Waals surface area contributed by atoms with Gasteiger partial charge in [0.1, 0.15) is 6.04 Å². The number of amides is 2. The minimum Gasteiger partial charge on any atom is -0.352 e. The van der Waals surface area contributed by atoms with E-state index in [1.807, 2.05) is 58.0 Å². The average Bonchev–Trinajstić information content (AvgIpc) is 2.76. The van der Waals surface area contributed by atoms with E-state index in [0.29, 0.717) is 28.8 Å². The van der Waals surface area contributed by atoms with Gasteiger partial charge >= 0.3 is 0 Å². The van der Waals surface area contributed by atoms with Crippen molar-refractivity contribution >= 4 is 46.8 Å². The van der Waals surface area contributed by atoms with Gasteiger partial charge in [0.25, 0.3) is 0 Å². The molecule has 0 saturated carbocycles. The van der Waals surface area contributed by atoms with Gasteiger partial charge in [-0.1, -0.05) is 72.9 Å². The zero-order valence-corrected chi connectivity index (χ0v) is 21.5. The van der Waals surface area contributed by atoms with Gasteiger partial charge in [-0.05, 0) is 49.9 Å². The third-order valence-electron chi connectivity index (χ3n) is 5.36. The molecule has 0 bridgehead atoms. The van der Waals surface area contributed by atoms with Gasteiger partial charge in [-0.15, -0.1) is 11.8 Å². The molecule has 0 aliphatic rings. The Hall–Kier alpha value is -1.69. The van der Waals surface area contributed by atoms with Crippen LogP contribution in [0.15, 0.2) is 42.5 Å². The number of aryl methyl sites for hydroxylation is 1. The molecule has 2 aromatic rings. The van der Waals surface area contributed by atoms with E-state index in [1.165, 1.54) is 11.8 Å². The fraction of sp³-hybridized carbons (Fsp3) is 0.440. The zero-order chi connectivity index (χ0) is 23.7. The number of benzene rings is 2. The number of rotatable bonds is 11. The molecule has 0 unspecified atom stereocenters. The van der Waals surface area contributed by atoms with Crippen molar-refractivity contribution in [2.24, 2.45) is 0 Å². The number of nitrogens with one attached hydrogen (secondary N) is 1. The molecule has 0 heterocycles. The number of halogens is 2. The summed E-state index contributed by atoms with van der Waals surface area (Å²) < 4.78 is 0. The Bertz CT molecular complexity index is 905. The van der Waals surface area contributed by atoms with Crippen LogP contribution in [0.4, 0.5) is 0 Å². The van der Waals surface area contributed by atoms with Crippen LogP contribution in [-0.4, -0.2) is 34.6 Å². The molecule has 0 spiro atoms. The Morgan fingerprint density at radius 3 is 2.34 bits per heavy atom. The summed E-state index contributed by atoms with van der Waals surface area (Å²) in [5.74, 6) is 0.688. The van der Waals surface area contributed by atoms with Crippen LogP contribution in [0.2, 0.25) is 10.0 Å². The lowest BCUT2D eigenvalue weighted by Crippen LogP contribution is -2.51. The van der Waals surface area contributed by atoms with E-state index in [-0.39, 0.29) is 23.6 Å². The molecule has 0 saturated heterocycles. The van der Waals surface area contributed by atoms with Crippen molar-refractivity contribution in [1.82, 2.24) is 10.2 Å². The Morgan fingerprint density at radius 1 is 1.06 bits per heavy atom. The van der Waals surface area contributed by atoms with Gasteiger partial charge in [-0.25, -0.2) is 0 Å². The summed E-state index contributed by atoms with van der Waals surface area (Å²) in [6, 6.07) is 13.0. The van der Waals surface area contributed by atoms with E-state index in [9.17, 15) is 9.59 Å². The summed E-state index contributed by atoms with van der Waals surface area (Å²) in [7, 11) is 0. The molecule has 2 amide bonds. The van der Waals surface area contributed by atoms with Crippen LogP contribution in [0.5, 0.6) is 0 Å². The summed E-state index contributed by atoms with van der Waals surface area (Å²) in [5.41, 5.74) is 3.09. The van der Waals surface area contributed by atoms with E-state index >= 15 is 0 Å². The first-order valence-electron chi connectivity index (χ1n) is 10.9. The van der Waals surface area contributed by atoms with Crippen molar-refractivity contribution < 1.29 is 9.59 Å². The first-order chi connectivity index (χ1) is 15.2. The minimum atomic E-state index is -0.516. The third kappa shape index (κ3) is 8.02. The Balaban J connectivity index is 2.14.